The molecule has 0 unspecified atom stereocenters. The number of carboxylic acid groups (broad SMARTS) is 1. The molecule has 0 amide bonds. The van der Waals surface area contributed by atoms with Crippen molar-refractivity contribution in [3.63, 3.8) is 0 Å². The molecular formula is C24H25NO4S. The fourth-order valence-corrected chi connectivity index (χ4v) is 5.16. The highest BCUT2D eigenvalue weighted by atomic mass is 32.2. The second kappa shape index (κ2) is 8.81. The fourth-order valence-electron chi connectivity index (χ4n) is 3.58. The molecule has 0 saturated heterocycles. The van der Waals surface area contributed by atoms with E-state index in [-0.39, 0.29) is 21.4 Å². The monoisotopic (exact) mass is 423 g/mol. The van der Waals surface area contributed by atoms with Crippen LogP contribution in [0, 0.1) is 0 Å². The molecule has 5 nitrogen and oxygen atoms in total. The van der Waals surface area contributed by atoms with Crippen molar-refractivity contribution >= 4 is 15.8 Å². The lowest BCUT2D eigenvalue weighted by molar-refractivity contribution is 0.0697. The van der Waals surface area contributed by atoms with Gasteiger partial charge in [-0.3, -0.25) is 0 Å². The first-order valence-corrected chi connectivity index (χ1v) is 11.3. The lowest BCUT2D eigenvalue weighted by atomic mass is 9.97. The van der Waals surface area contributed by atoms with Crippen LogP contribution in [0.5, 0.6) is 0 Å². The van der Waals surface area contributed by atoms with Gasteiger partial charge in [0.15, 0.2) is 0 Å². The first kappa shape index (κ1) is 21.7. The topological polar surface area (TPSA) is 97.5 Å². The summed E-state index contributed by atoms with van der Waals surface area (Å²) in [7, 11) is -3.73. The Balaban J connectivity index is 2.09. The molecule has 3 rings (SSSR count). The van der Waals surface area contributed by atoms with E-state index in [0.29, 0.717) is 24.0 Å². The molecule has 0 aliphatic rings. The SMILES string of the molecule is CCc1c(-c2cccc(C(=O)O)c2)cccc1S(=O)(=O)c1ccc(C[C@@H](C)N)cc1. The lowest BCUT2D eigenvalue weighted by Crippen LogP contribution is -2.17. The Morgan fingerprint density at radius 3 is 2.30 bits per heavy atom. The van der Waals surface area contributed by atoms with Crippen LogP contribution in [0.4, 0.5) is 0 Å². The van der Waals surface area contributed by atoms with Crippen LogP contribution < -0.4 is 5.73 Å². The quantitative estimate of drug-likeness (QED) is 0.589. The van der Waals surface area contributed by atoms with E-state index in [2.05, 4.69) is 0 Å². The number of hydrogen-bond acceptors (Lipinski definition) is 4. The first-order chi connectivity index (χ1) is 14.2. The number of carbonyl (C=O) groups is 1. The minimum Gasteiger partial charge on any atom is -0.478 e. The van der Waals surface area contributed by atoms with Crippen LogP contribution in [-0.2, 0) is 22.7 Å². The predicted molar refractivity (Wildman–Crippen MR) is 117 cm³/mol. The summed E-state index contributed by atoms with van der Waals surface area (Å²) in [6.45, 7) is 3.80. The highest BCUT2D eigenvalue weighted by molar-refractivity contribution is 7.91. The Morgan fingerprint density at radius 1 is 1.03 bits per heavy atom. The van der Waals surface area contributed by atoms with Crippen molar-refractivity contribution in [2.75, 3.05) is 0 Å². The summed E-state index contributed by atoms with van der Waals surface area (Å²) in [5.74, 6) is -1.02. The minimum absolute atomic E-state index is 0.00241. The van der Waals surface area contributed by atoms with E-state index in [9.17, 15) is 18.3 Å². The zero-order valence-electron chi connectivity index (χ0n) is 17.0. The zero-order valence-corrected chi connectivity index (χ0v) is 17.8. The Morgan fingerprint density at radius 2 is 1.70 bits per heavy atom. The van der Waals surface area contributed by atoms with E-state index in [1.54, 1.807) is 54.6 Å². The van der Waals surface area contributed by atoms with Crippen molar-refractivity contribution in [3.8, 4) is 11.1 Å². The number of nitrogens with two attached hydrogens (primary N) is 1. The number of carboxylic acids is 1. The molecule has 0 aliphatic carbocycles. The number of benzene rings is 3. The predicted octanol–water partition coefficient (Wildman–Crippen LogP) is 4.34. The van der Waals surface area contributed by atoms with Crippen molar-refractivity contribution < 1.29 is 18.3 Å². The van der Waals surface area contributed by atoms with Gasteiger partial charge >= 0.3 is 5.97 Å². The molecule has 0 saturated carbocycles. The van der Waals surface area contributed by atoms with Crippen LogP contribution in [0.25, 0.3) is 11.1 Å². The molecule has 0 aliphatic heterocycles. The molecule has 0 heterocycles. The lowest BCUT2D eigenvalue weighted by Gasteiger charge is -2.15. The summed E-state index contributed by atoms with van der Waals surface area (Å²) in [6.07, 6.45) is 1.17. The van der Waals surface area contributed by atoms with Crippen molar-refractivity contribution in [3.05, 3.63) is 83.4 Å². The van der Waals surface area contributed by atoms with E-state index in [4.69, 9.17) is 5.73 Å². The standard InChI is InChI=1S/C24H25NO4S/c1-3-21-22(18-6-4-7-19(15-18)24(26)27)8-5-9-23(21)30(28,29)20-12-10-17(11-13-20)14-16(2)25/h4-13,15-16H,3,14,25H2,1-2H3,(H,26,27)/t16-/m1/s1. The molecule has 6 heteroatoms. The second-order valence-electron chi connectivity index (χ2n) is 7.35. The van der Waals surface area contributed by atoms with Crippen molar-refractivity contribution in [2.24, 2.45) is 5.73 Å². The molecule has 30 heavy (non-hydrogen) atoms. The van der Waals surface area contributed by atoms with Crippen molar-refractivity contribution in [1.29, 1.82) is 0 Å². The van der Waals surface area contributed by atoms with Gasteiger partial charge in [-0.2, -0.15) is 0 Å². The largest absolute Gasteiger partial charge is 0.478 e. The highest BCUT2D eigenvalue weighted by Crippen LogP contribution is 2.33. The van der Waals surface area contributed by atoms with Gasteiger partial charge in [-0.25, -0.2) is 13.2 Å². The van der Waals surface area contributed by atoms with Gasteiger partial charge in [0.1, 0.15) is 0 Å². The summed E-state index contributed by atoms with van der Waals surface area (Å²) in [6, 6.07) is 18.5. The molecule has 0 radical (unpaired) electrons. The number of hydrogen-bond donors (Lipinski definition) is 2. The maximum atomic E-state index is 13.4. The van der Waals surface area contributed by atoms with E-state index in [0.717, 1.165) is 11.1 Å². The average Bonchev–Trinajstić information content (AvgIpc) is 2.73. The van der Waals surface area contributed by atoms with Gasteiger partial charge in [0.2, 0.25) is 9.84 Å². The number of aromatic carboxylic acids is 1. The van der Waals surface area contributed by atoms with Crippen LogP contribution in [0.2, 0.25) is 0 Å². The van der Waals surface area contributed by atoms with Gasteiger partial charge in [-0.1, -0.05) is 43.3 Å². The van der Waals surface area contributed by atoms with Crippen LogP contribution in [0.1, 0.15) is 35.3 Å². The van der Waals surface area contributed by atoms with Gasteiger partial charge in [0.05, 0.1) is 15.4 Å². The molecule has 3 N–H and O–H groups in total. The number of sulfone groups is 1. The third-order valence-corrected chi connectivity index (χ3v) is 6.84. The van der Waals surface area contributed by atoms with E-state index in [1.165, 1.54) is 6.07 Å². The Bertz CT molecular complexity index is 1170. The molecule has 0 bridgehead atoms. The van der Waals surface area contributed by atoms with Crippen molar-refractivity contribution in [2.45, 2.75) is 42.5 Å². The molecular weight excluding hydrogens is 398 g/mol. The normalized spacial score (nSPS) is 12.5. The molecule has 0 spiro atoms. The average molecular weight is 424 g/mol. The highest BCUT2D eigenvalue weighted by Gasteiger charge is 2.23. The molecule has 3 aromatic carbocycles. The van der Waals surface area contributed by atoms with Gasteiger partial charge in [-0.15, -0.1) is 0 Å². The smallest absolute Gasteiger partial charge is 0.335 e. The molecule has 156 valence electrons. The summed E-state index contributed by atoms with van der Waals surface area (Å²) >= 11 is 0. The van der Waals surface area contributed by atoms with Gasteiger partial charge in [0, 0.05) is 6.04 Å². The van der Waals surface area contributed by atoms with Crippen LogP contribution in [-0.4, -0.2) is 25.5 Å². The summed E-state index contributed by atoms with van der Waals surface area (Å²) in [5, 5.41) is 9.29. The molecule has 1 atom stereocenters. The summed E-state index contributed by atoms with van der Waals surface area (Å²) in [4.78, 5) is 11.8. The van der Waals surface area contributed by atoms with E-state index < -0.39 is 15.8 Å². The number of rotatable bonds is 7. The molecule has 0 fully saturated rings. The fraction of sp³-hybridized carbons (Fsp3) is 0.208. The molecule has 3 aromatic rings. The van der Waals surface area contributed by atoms with Gasteiger partial charge in [0.25, 0.3) is 0 Å². The second-order valence-corrected chi connectivity index (χ2v) is 9.27. The minimum atomic E-state index is -3.73. The third-order valence-electron chi connectivity index (χ3n) is 4.99. The third kappa shape index (κ3) is 4.45. The van der Waals surface area contributed by atoms with Crippen LogP contribution >= 0.6 is 0 Å². The van der Waals surface area contributed by atoms with E-state index in [1.807, 2.05) is 19.9 Å². The molecule has 0 aromatic heterocycles. The first-order valence-electron chi connectivity index (χ1n) is 9.79. The Hall–Kier alpha value is -2.96. The van der Waals surface area contributed by atoms with Gasteiger partial charge in [-0.05, 0) is 72.4 Å². The summed E-state index contributed by atoms with van der Waals surface area (Å²) < 4.78 is 26.8. The maximum absolute atomic E-state index is 13.4. The summed E-state index contributed by atoms with van der Waals surface area (Å²) in [5.41, 5.74) is 9.03. The van der Waals surface area contributed by atoms with Crippen LogP contribution in [0.15, 0.2) is 76.5 Å². The van der Waals surface area contributed by atoms with Crippen molar-refractivity contribution in [1.82, 2.24) is 0 Å². The van der Waals surface area contributed by atoms with E-state index >= 15 is 0 Å². The Kier molecular flexibility index (Phi) is 6.39. The van der Waals surface area contributed by atoms with Gasteiger partial charge < -0.3 is 10.8 Å². The van der Waals surface area contributed by atoms with Crippen LogP contribution in [0.3, 0.4) is 0 Å². The Labute approximate surface area is 177 Å². The maximum Gasteiger partial charge on any atom is 0.335 e. The zero-order chi connectivity index (χ0) is 21.9.